The van der Waals surface area contributed by atoms with Crippen LogP contribution in [0.1, 0.15) is 13.3 Å². The molecule has 1 amide bonds. The molecular formula is C17H17F2NO3. The molecule has 6 heteroatoms. The van der Waals surface area contributed by atoms with E-state index in [2.05, 4.69) is 10.1 Å². The molecule has 0 aliphatic heterocycles. The maximum absolute atomic E-state index is 12.2. The maximum atomic E-state index is 12.2. The molecular weight excluding hydrogens is 304 g/mol. The first-order chi connectivity index (χ1) is 11.1. The van der Waals surface area contributed by atoms with Crippen LogP contribution in [-0.4, -0.2) is 18.6 Å². The number of ether oxygens (including phenoxy) is 2. The summed E-state index contributed by atoms with van der Waals surface area (Å²) in [4.78, 5) is 12.2. The summed E-state index contributed by atoms with van der Waals surface area (Å²) in [6.45, 7) is -1.04. The van der Waals surface area contributed by atoms with E-state index in [4.69, 9.17) is 4.74 Å². The Morgan fingerprint density at radius 1 is 1.00 bits per heavy atom. The Morgan fingerprint density at radius 3 is 2.17 bits per heavy atom. The number of hydrogen-bond donors (Lipinski definition) is 1. The zero-order valence-corrected chi connectivity index (χ0v) is 12.5. The second-order valence-electron chi connectivity index (χ2n) is 4.72. The molecule has 4 nitrogen and oxygen atoms in total. The van der Waals surface area contributed by atoms with Gasteiger partial charge in [0, 0.05) is 5.69 Å². The van der Waals surface area contributed by atoms with Crippen molar-refractivity contribution in [1.29, 1.82) is 0 Å². The van der Waals surface area contributed by atoms with Crippen molar-refractivity contribution in [3.63, 3.8) is 0 Å². The van der Waals surface area contributed by atoms with Crippen LogP contribution >= 0.6 is 0 Å². The molecule has 2 aromatic carbocycles. The molecule has 0 aliphatic rings. The Morgan fingerprint density at radius 2 is 1.61 bits per heavy atom. The number of hydrogen-bond acceptors (Lipinski definition) is 3. The minimum Gasteiger partial charge on any atom is -0.481 e. The standard InChI is InChI=1S/C17H17F2NO3/c1-2-15(22-13-6-4-3-5-7-13)16(21)20-12-8-10-14(11-9-12)23-17(18)19/h3-11,15,17H,2H2,1H3,(H,20,21)/t15-/m1/s1. The van der Waals surface area contributed by atoms with Crippen molar-refractivity contribution in [2.24, 2.45) is 0 Å². The third-order valence-corrected chi connectivity index (χ3v) is 3.03. The minimum absolute atomic E-state index is 0.0329. The van der Waals surface area contributed by atoms with Crippen LogP contribution in [-0.2, 0) is 4.79 Å². The van der Waals surface area contributed by atoms with Gasteiger partial charge in [-0.25, -0.2) is 0 Å². The van der Waals surface area contributed by atoms with E-state index in [1.807, 2.05) is 25.1 Å². The van der Waals surface area contributed by atoms with Gasteiger partial charge in [-0.05, 0) is 42.8 Å². The van der Waals surface area contributed by atoms with Gasteiger partial charge in [-0.2, -0.15) is 8.78 Å². The molecule has 0 bridgehead atoms. The van der Waals surface area contributed by atoms with Crippen molar-refractivity contribution in [3.8, 4) is 11.5 Å². The van der Waals surface area contributed by atoms with Crippen LogP contribution in [0.25, 0.3) is 0 Å². The highest BCUT2D eigenvalue weighted by molar-refractivity contribution is 5.94. The van der Waals surface area contributed by atoms with Gasteiger partial charge in [0.05, 0.1) is 0 Å². The summed E-state index contributed by atoms with van der Waals surface area (Å²) in [6.07, 6.45) is -0.151. The van der Waals surface area contributed by atoms with E-state index in [0.717, 1.165) is 0 Å². The average Bonchev–Trinajstić information content (AvgIpc) is 2.55. The first-order valence-electron chi connectivity index (χ1n) is 7.16. The maximum Gasteiger partial charge on any atom is 0.387 e. The van der Waals surface area contributed by atoms with Crippen molar-refractivity contribution in [1.82, 2.24) is 0 Å². The Balaban J connectivity index is 1.96. The lowest BCUT2D eigenvalue weighted by atomic mass is 10.2. The predicted octanol–water partition coefficient (Wildman–Crippen LogP) is 4.08. The highest BCUT2D eigenvalue weighted by Gasteiger charge is 2.18. The van der Waals surface area contributed by atoms with Gasteiger partial charge in [0.25, 0.3) is 5.91 Å². The Labute approximate surface area is 133 Å². The van der Waals surface area contributed by atoms with Crippen LogP contribution in [0.2, 0.25) is 0 Å². The molecule has 0 unspecified atom stereocenters. The van der Waals surface area contributed by atoms with Crippen LogP contribution in [0.4, 0.5) is 14.5 Å². The number of rotatable bonds is 7. The molecule has 0 radical (unpaired) electrons. The zero-order chi connectivity index (χ0) is 16.7. The summed E-state index contributed by atoms with van der Waals surface area (Å²) < 4.78 is 34.1. The van der Waals surface area contributed by atoms with Gasteiger partial charge in [0.1, 0.15) is 11.5 Å². The number of nitrogens with one attached hydrogen (secondary N) is 1. The van der Waals surface area contributed by atoms with Crippen molar-refractivity contribution >= 4 is 11.6 Å². The lowest BCUT2D eigenvalue weighted by Crippen LogP contribution is -2.32. The highest BCUT2D eigenvalue weighted by atomic mass is 19.3. The Bertz CT molecular complexity index is 617. The van der Waals surface area contributed by atoms with Gasteiger partial charge in [0.2, 0.25) is 0 Å². The van der Waals surface area contributed by atoms with Crippen LogP contribution in [0.15, 0.2) is 54.6 Å². The fourth-order valence-electron chi connectivity index (χ4n) is 1.93. The van der Waals surface area contributed by atoms with E-state index >= 15 is 0 Å². The molecule has 0 saturated heterocycles. The summed E-state index contributed by atoms with van der Waals surface area (Å²) in [7, 11) is 0. The molecule has 23 heavy (non-hydrogen) atoms. The number of benzene rings is 2. The SMILES string of the molecule is CC[C@@H](Oc1ccccc1)C(=O)Nc1ccc(OC(F)F)cc1. The second kappa shape index (κ2) is 8.12. The third kappa shape index (κ3) is 5.25. The van der Waals surface area contributed by atoms with Crippen LogP contribution in [0.3, 0.4) is 0 Å². The molecule has 0 spiro atoms. The number of carbonyl (C=O) groups is 1. The fourth-order valence-corrected chi connectivity index (χ4v) is 1.93. The molecule has 2 aromatic rings. The van der Waals surface area contributed by atoms with Crippen molar-refractivity contribution in [2.45, 2.75) is 26.1 Å². The minimum atomic E-state index is -2.88. The number of amides is 1. The first kappa shape index (κ1) is 16.7. The predicted molar refractivity (Wildman–Crippen MR) is 82.9 cm³/mol. The molecule has 0 aromatic heterocycles. The normalized spacial score (nSPS) is 11.8. The smallest absolute Gasteiger partial charge is 0.387 e. The highest BCUT2D eigenvalue weighted by Crippen LogP contribution is 2.19. The van der Waals surface area contributed by atoms with Gasteiger partial charge < -0.3 is 14.8 Å². The molecule has 122 valence electrons. The number of halogens is 2. The molecule has 0 heterocycles. The summed E-state index contributed by atoms with van der Waals surface area (Å²) in [6, 6.07) is 14.7. The Hall–Kier alpha value is -2.63. The van der Waals surface area contributed by atoms with Gasteiger partial charge in [-0.1, -0.05) is 25.1 Å². The van der Waals surface area contributed by atoms with Crippen LogP contribution < -0.4 is 14.8 Å². The molecule has 0 saturated carbocycles. The van der Waals surface area contributed by atoms with Crippen molar-refractivity contribution in [3.05, 3.63) is 54.6 Å². The topological polar surface area (TPSA) is 47.6 Å². The molecule has 2 rings (SSSR count). The number of para-hydroxylation sites is 1. The quantitative estimate of drug-likeness (QED) is 0.836. The molecule has 1 atom stereocenters. The summed E-state index contributed by atoms with van der Waals surface area (Å²) >= 11 is 0. The second-order valence-corrected chi connectivity index (χ2v) is 4.72. The largest absolute Gasteiger partial charge is 0.481 e. The van der Waals surface area contributed by atoms with E-state index < -0.39 is 12.7 Å². The number of alkyl halides is 2. The monoisotopic (exact) mass is 321 g/mol. The summed E-state index contributed by atoms with van der Waals surface area (Å²) in [5.41, 5.74) is 0.478. The zero-order valence-electron chi connectivity index (χ0n) is 12.5. The third-order valence-electron chi connectivity index (χ3n) is 3.03. The van der Waals surface area contributed by atoms with E-state index in [-0.39, 0.29) is 11.7 Å². The number of carbonyl (C=O) groups excluding carboxylic acids is 1. The summed E-state index contributed by atoms with van der Waals surface area (Å²) in [5.74, 6) is 0.333. The van der Waals surface area contributed by atoms with Crippen LogP contribution in [0.5, 0.6) is 11.5 Å². The first-order valence-corrected chi connectivity index (χ1v) is 7.16. The van der Waals surface area contributed by atoms with Gasteiger partial charge >= 0.3 is 6.61 Å². The van der Waals surface area contributed by atoms with E-state index in [1.54, 1.807) is 12.1 Å². The van der Waals surface area contributed by atoms with Gasteiger partial charge in [-0.15, -0.1) is 0 Å². The van der Waals surface area contributed by atoms with Crippen molar-refractivity contribution in [2.75, 3.05) is 5.32 Å². The Kier molecular flexibility index (Phi) is 5.91. The lowest BCUT2D eigenvalue weighted by Gasteiger charge is -2.17. The van der Waals surface area contributed by atoms with E-state index in [1.165, 1.54) is 24.3 Å². The molecule has 1 N–H and O–H groups in total. The number of anilines is 1. The molecule has 0 aliphatic carbocycles. The van der Waals surface area contributed by atoms with E-state index in [9.17, 15) is 13.6 Å². The molecule has 0 fully saturated rings. The average molecular weight is 321 g/mol. The van der Waals surface area contributed by atoms with Gasteiger partial charge in [0.15, 0.2) is 6.10 Å². The summed E-state index contributed by atoms with van der Waals surface area (Å²) in [5, 5.41) is 2.69. The van der Waals surface area contributed by atoms with Gasteiger partial charge in [-0.3, -0.25) is 4.79 Å². The lowest BCUT2D eigenvalue weighted by molar-refractivity contribution is -0.122. The van der Waals surface area contributed by atoms with Crippen molar-refractivity contribution < 1.29 is 23.0 Å². The van der Waals surface area contributed by atoms with Crippen LogP contribution in [0, 0.1) is 0 Å². The van der Waals surface area contributed by atoms with E-state index in [0.29, 0.717) is 17.9 Å². The fraction of sp³-hybridized carbons (Fsp3) is 0.235.